The lowest BCUT2D eigenvalue weighted by Gasteiger charge is -2.33. The van der Waals surface area contributed by atoms with Crippen LogP contribution in [0.15, 0.2) is 4.99 Å². The molecule has 2 fully saturated rings. The Hall–Kier alpha value is -1.59. The van der Waals surface area contributed by atoms with E-state index in [1.54, 1.807) is 0 Å². The molecule has 2 aliphatic heterocycles. The summed E-state index contributed by atoms with van der Waals surface area (Å²) in [6.07, 6.45) is 4.03. The van der Waals surface area contributed by atoms with Crippen molar-refractivity contribution in [1.29, 1.82) is 0 Å². The normalized spacial score (nSPS) is 21.5. The van der Waals surface area contributed by atoms with Crippen LogP contribution in [0.3, 0.4) is 0 Å². The number of hydrogen-bond acceptors (Lipinski definition) is 3. The second-order valence-electron chi connectivity index (χ2n) is 6.20. The zero-order valence-corrected chi connectivity index (χ0v) is 13.8. The van der Waals surface area contributed by atoms with Gasteiger partial charge >= 0.3 is 0 Å². The third kappa shape index (κ3) is 4.45. The van der Waals surface area contributed by atoms with Gasteiger partial charge in [-0.15, -0.1) is 0 Å². The van der Waals surface area contributed by atoms with Crippen molar-refractivity contribution in [1.82, 2.24) is 15.1 Å². The zero-order chi connectivity index (χ0) is 15.9. The fraction of sp³-hybridized carbons (Fsp3) is 0.812. The lowest BCUT2D eigenvalue weighted by Crippen LogP contribution is -2.46. The molecule has 0 unspecified atom stereocenters. The largest absolute Gasteiger partial charge is 0.357 e. The molecule has 0 spiro atoms. The van der Waals surface area contributed by atoms with E-state index in [4.69, 9.17) is 0 Å². The van der Waals surface area contributed by atoms with Crippen molar-refractivity contribution in [2.45, 2.75) is 46.0 Å². The summed E-state index contributed by atoms with van der Waals surface area (Å²) in [5.74, 6) is 1.58. The number of aliphatic imine (C=N–C) groups is 1. The molecule has 0 aliphatic carbocycles. The predicted molar refractivity (Wildman–Crippen MR) is 86.5 cm³/mol. The molecule has 6 nitrogen and oxygen atoms in total. The van der Waals surface area contributed by atoms with E-state index in [0.717, 1.165) is 31.5 Å². The fourth-order valence-electron chi connectivity index (χ4n) is 2.95. The summed E-state index contributed by atoms with van der Waals surface area (Å²) in [6.45, 7) is 8.09. The van der Waals surface area contributed by atoms with Crippen LogP contribution in [0.2, 0.25) is 0 Å². The number of piperidine rings is 2. The van der Waals surface area contributed by atoms with Gasteiger partial charge in [0.1, 0.15) is 0 Å². The summed E-state index contributed by atoms with van der Waals surface area (Å²) in [5, 5.41) is 3.31. The maximum atomic E-state index is 11.8. The van der Waals surface area contributed by atoms with E-state index < -0.39 is 0 Å². The van der Waals surface area contributed by atoms with Crippen LogP contribution in [-0.4, -0.2) is 60.3 Å². The second kappa shape index (κ2) is 8.15. The van der Waals surface area contributed by atoms with Crippen molar-refractivity contribution in [3.63, 3.8) is 0 Å². The summed E-state index contributed by atoms with van der Waals surface area (Å²) in [4.78, 5) is 31.8. The standard InChI is InChI=1S/C16H28N4O2/c1-3-17-16(19-10-7-13(2)8-11-19)18-9-12-20-14(21)5-4-6-15(20)22/h13H,3-12H2,1-2H3,(H,17,18). The van der Waals surface area contributed by atoms with Crippen molar-refractivity contribution in [3.8, 4) is 0 Å². The summed E-state index contributed by atoms with van der Waals surface area (Å²) in [5.41, 5.74) is 0. The van der Waals surface area contributed by atoms with Crippen LogP contribution in [0, 0.1) is 5.92 Å². The molecule has 0 bridgehead atoms. The number of carbonyl (C=O) groups is 2. The highest BCUT2D eigenvalue weighted by atomic mass is 16.2. The van der Waals surface area contributed by atoms with Crippen LogP contribution in [0.5, 0.6) is 0 Å². The number of guanidine groups is 1. The predicted octanol–water partition coefficient (Wildman–Crippen LogP) is 1.22. The van der Waals surface area contributed by atoms with Crippen LogP contribution >= 0.6 is 0 Å². The minimum atomic E-state index is -0.0525. The third-order valence-corrected chi connectivity index (χ3v) is 4.39. The van der Waals surface area contributed by atoms with Crippen LogP contribution in [0.25, 0.3) is 0 Å². The number of hydrogen-bond donors (Lipinski definition) is 1. The number of imide groups is 1. The second-order valence-corrected chi connectivity index (χ2v) is 6.20. The van der Waals surface area contributed by atoms with Gasteiger partial charge in [0.2, 0.25) is 11.8 Å². The average Bonchev–Trinajstić information content (AvgIpc) is 2.50. The van der Waals surface area contributed by atoms with Gasteiger partial charge in [0.25, 0.3) is 0 Å². The molecule has 0 radical (unpaired) electrons. The first-order valence-electron chi connectivity index (χ1n) is 8.48. The lowest BCUT2D eigenvalue weighted by atomic mass is 10.00. The molecule has 6 heteroatoms. The first-order chi connectivity index (χ1) is 10.6. The Kier molecular flexibility index (Phi) is 6.21. The SMILES string of the molecule is CCNC(=NCCN1C(=O)CCCC1=O)N1CCC(C)CC1. The van der Waals surface area contributed by atoms with E-state index in [9.17, 15) is 9.59 Å². The molecule has 0 saturated carbocycles. The molecule has 0 atom stereocenters. The number of nitrogens with zero attached hydrogens (tertiary/aromatic N) is 3. The molecule has 1 N–H and O–H groups in total. The Balaban J connectivity index is 1.89. The van der Waals surface area contributed by atoms with Gasteiger partial charge in [0.05, 0.1) is 6.54 Å². The van der Waals surface area contributed by atoms with E-state index >= 15 is 0 Å². The van der Waals surface area contributed by atoms with Gasteiger partial charge in [-0.2, -0.15) is 0 Å². The Morgan fingerprint density at radius 2 is 1.86 bits per heavy atom. The van der Waals surface area contributed by atoms with E-state index in [-0.39, 0.29) is 11.8 Å². The zero-order valence-electron chi connectivity index (χ0n) is 13.8. The minimum absolute atomic E-state index is 0.0525. The topological polar surface area (TPSA) is 65.0 Å². The maximum absolute atomic E-state index is 11.8. The van der Waals surface area contributed by atoms with E-state index in [1.807, 2.05) is 0 Å². The highest BCUT2D eigenvalue weighted by Crippen LogP contribution is 2.16. The van der Waals surface area contributed by atoms with Crippen LogP contribution < -0.4 is 5.32 Å². The van der Waals surface area contributed by atoms with Crippen molar-refractivity contribution < 1.29 is 9.59 Å². The molecule has 124 valence electrons. The quantitative estimate of drug-likeness (QED) is 0.482. The Morgan fingerprint density at radius 1 is 1.23 bits per heavy atom. The van der Waals surface area contributed by atoms with Gasteiger partial charge in [-0.25, -0.2) is 0 Å². The number of carbonyl (C=O) groups excluding carboxylic acids is 2. The van der Waals surface area contributed by atoms with Gasteiger partial charge in [0.15, 0.2) is 5.96 Å². The maximum Gasteiger partial charge on any atom is 0.229 e. The van der Waals surface area contributed by atoms with Gasteiger partial charge in [-0.05, 0) is 32.1 Å². The number of rotatable bonds is 4. The van der Waals surface area contributed by atoms with Crippen molar-refractivity contribution in [2.75, 3.05) is 32.7 Å². The molecular formula is C16H28N4O2. The summed E-state index contributed by atoms with van der Waals surface area (Å²) in [6, 6.07) is 0. The molecule has 2 amide bonds. The van der Waals surface area contributed by atoms with Crippen LogP contribution in [0.4, 0.5) is 0 Å². The molecule has 2 heterocycles. The van der Waals surface area contributed by atoms with E-state index in [1.165, 1.54) is 17.7 Å². The minimum Gasteiger partial charge on any atom is -0.357 e. The summed E-state index contributed by atoms with van der Waals surface area (Å²) < 4.78 is 0. The molecule has 0 aromatic rings. The molecule has 2 saturated heterocycles. The highest BCUT2D eigenvalue weighted by Gasteiger charge is 2.25. The lowest BCUT2D eigenvalue weighted by molar-refractivity contribution is -0.147. The first kappa shape index (κ1) is 16.8. The van der Waals surface area contributed by atoms with Gasteiger partial charge < -0.3 is 10.2 Å². The number of likely N-dealkylation sites (tertiary alicyclic amines) is 2. The summed E-state index contributed by atoms with van der Waals surface area (Å²) in [7, 11) is 0. The average molecular weight is 308 g/mol. The van der Waals surface area contributed by atoms with Crippen LogP contribution in [-0.2, 0) is 9.59 Å². The van der Waals surface area contributed by atoms with Gasteiger partial charge in [0, 0.05) is 39.0 Å². The number of nitrogens with one attached hydrogen (secondary N) is 1. The first-order valence-corrected chi connectivity index (χ1v) is 8.48. The van der Waals surface area contributed by atoms with Crippen molar-refractivity contribution >= 4 is 17.8 Å². The molecule has 2 rings (SSSR count). The smallest absolute Gasteiger partial charge is 0.229 e. The molecule has 0 aromatic carbocycles. The Morgan fingerprint density at radius 3 is 2.45 bits per heavy atom. The molecule has 0 aromatic heterocycles. The third-order valence-electron chi connectivity index (χ3n) is 4.39. The Labute approximate surface area is 132 Å². The van der Waals surface area contributed by atoms with Crippen molar-refractivity contribution in [2.24, 2.45) is 10.9 Å². The molecule has 2 aliphatic rings. The Bertz CT molecular complexity index is 412. The van der Waals surface area contributed by atoms with Gasteiger partial charge in [-0.1, -0.05) is 6.92 Å². The summed E-state index contributed by atoms with van der Waals surface area (Å²) >= 11 is 0. The highest BCUT2D eigenvalue weighted by molar-refractivity contribution is 5.97. The van der Waals surface area contributed by atoms with Crippen molar-refractivity contribution in [3.05, 3.63) is 0 Å². The molecule has 22 heavy (non-hydrogen) atoms. The van der Waals surface area contributed by atoms with Gasteiger partial charge in [-0.3, -0.25) is 19.5 Å². The van der Waals surface area contributed by atoms with E-state index in [0.29, 0.717) is 32.4 Å². The monoisotopic (exact) mass is 308 g/mol. The fourth-order valence-corrected chi connectivity index (χ4v) is 2.95. The number of amides is 2. The molecular weight excluding hydrogens is 280 g/mol. The van der Waals surface area contributed by atoms with Crippen LogP contribution in [0.1, 0.15) is 46.0 Å². The van der Waals surface area contributed by atoms with E-state index in [2.05, 4.69) is 29.1 Å².